The molecule has 1 saturated heterocycles. The monoisotopic (exact) mass is 313 g/mol. The number of carbonyl (C=O) groups is 1. The van der Waals surface area contributed by atoms with Crippen LogP contribution in [0.4, 0.5) is 0 Å². The molecule has 1 aromatic heterocycles. The summed E-state index contributed by atoms with van der Waals surface area (Å²) < 4.78 is 0. The summed E-state index contributed by atoms with van der Waals surface area (Å²) >= 11 is 3.47. The molecule has 2 heterocycles. The van der Waals surface area contributed by atoms with Crippen LogP contribution in [0.5, 0.6) is 0 Å². The van der Waals surface area contributed by atoms with Crippen molar-refractivity contribution in [2.45, 2.75) is 19.0 Å². The predicted octanol–water partition coefficient (Wildman–Crippen LogP) is 1.47. The first-order chi connectivity index (χ1) is 9.70. The van der Waals surface area contributed by atoms with E-state index >= 15 is 0 Å². The van der Waals surface area contributed by atoms with Crippen molar-refractivity contribution in [3.8, 4) is 0 Å². The van der Waals surface area contributed by atoms with Crippen molar-refractivity contribution in [3.05, 3.63) is 22.4 Å². The second kappa shape index (κ2) is 8.02. The molecule has 0 spiro atoms. The number of rotatable bonds is 6. The third-order valence-corrected chi connectivity index (χ3v) is 5.00. The van der Waals surface area contributed by atoms with E-state index in [-0.39, 0.29) is 11.9 Å². The van der Waals surface area contributed by atoms with Crippen LogP contribution in [0.3, 0.4) is 0 Å². The number of hydrogen-bond donors (Lipinski definition) is 1. The zero-order chi connectivity index (χ0) is 14.4. The molecule has 2 rings (SSSR count). The lowest BCUT2D eigenvalue weighted by atomic mass is 10.2. The van der Waals surface area contributed by atoms with Crippen molar-refractivity contribution in [2.24, 2.45) is 5.73 Å². The largest absolute Gasteiger partial charge is 0.339 e. The van der Waals surface area contributed by atoms with Crippen molar-refractivity contribution in [1.29, 1.82) is 0 Å². The molecule has 6 heteroatoms. The summed E-state index contributed by atoms with van der Waals surface area (Å²) in [5.41, 5.74) is 7.33. The third kappa shape index (κ3) is 4.48. The lowest BCUT2D eigenvalue weighted by Gasteiger charge is -2.35. The number of thioether (sulfide) groups is 1. The minimum Gasteiger partial charge on any atom is -0.339 e. The van der Waals surface area contributed by atoms with E-state index in [1.54, 1.807) is 23.1 Å². The highest BCUT2D eigenvalue weighted by Gasteiger charge is 2.24. The quantitative estimate of drug-likeness (QED) is 0.864. The Labute approximate surface area is 129 Å². The molecule has 0 unspecified atom stereocenters. The van der Waals surface area contributed by atoms with E-state index in [2.05, 4.69) is 21.7 Å². The van der Waals surface area contributed by atoms with Gasteiger partial charge in [-0.1, -0.05) is 0 Å². The Morgan fingerprint density at radius 1 is 1.45 bits per heavy atom. The SMILES string of the molecule is CSCC[C@@H](N)C(=O)N1CCN(Cc2ccsc2)CC1. The van der Waals surface area contributed by atoms with E-state index in [4.69, 9.17) is 5.73 Å². The number of hydrogen-bond acceptors (Lipinski definition) is 5. The summed E-state index contributed by atoms with van der Waals surface area (Å²) in [5, 5.41) is 4.30. The van der Waals surface area contributed by atoms with E-state index < -0.39 is 0 Å². The minimum absolute atomic E-state index is 0.120. The smallest absolute Gasteiger partial charge is 0.239 e. The summed E-state index contributed by atoms with van der Waals surface area (Å²) in [7, 11) is 0. The van der Waals surface area contributed by atoms with Crippen LogP contribution in [0.15, 0.2) is 16.8 Å². The Kier molecular flexibility index (Phi) is 6.35. The molecule has 20 heavy (non-hydrogen) atoms. The van der Waals surface area contributed by atoms with Gasteiger partial charge in [0.1, 0.15) is 0 Å². The molecule has 1 atom stereocenters. The van der Waals surface area contributed by atoms with Crippen LogP contribution in [-0.4, -0.2) is 59.9 Å². The molecule has 4 nitrogen and oxygen atoms in total. The first-order valence-electron chi connectivity index (χ1n) is 6.97. The van der Waals surface area contributed by atoms with Gasteiger partial charge in [0, 0.05) is 32.7 Å². The lowest BCUT2D eigenvalue weighted by Crippen LogP contribution is -2.53. The van der Waals surface area contributed by atoms with Crippen molar-refractivity contribution in [2.75, 3.05) is 38.2 Å². The zero-order valence-corrected chi connectivity index (χ0v) is 13.6. The molecule has 1 aliphatic heterocycles. The van der Waals surface area contributed by atoms with Crippen LogP contribution in [0, 0.1) is 0 Å². The summed E-state index contributed by atoms with van der Waals surface area (Å²) in [6, 6.07) is 1.84. The second-order valence-corrected chi connectivity index (χ2v) is 6.89. The number of nitrogens with zero attached hydrogens (tertiary/aromatic N) is 2. The average Bonchev–Trinajstić information content (AvgIpc) is 2.97. The lowest BCUT2D eigenvalue weighted by molar-refractivity contribution is -0.134. The maximum Gasteiger partial charge on any atom is 0.239 e. The molecule has 0 aliphatic carbocycles. The van der Waals surface area contributed by atoms with Crippen LogP contribution >= 0.6 is 23.1 Å². The van der Waals surface area contributed by atoms with Crippen molar-refractivity contribution in [3.63, 3.8) is 0 Å². The standard InChI is InChI=1S/C14H23N3OS2/c1-19-8-3-13(15)14(18)17-6-4-16(5-7-17)10-12-2-9-20-11-12/h2,9,11,13H,3-8,10,15H2,1H3/t13-/m1/s1. The van der Waals surface area contributed by atoms with Crippen LogP contribution in [0.25, 0.3) is 0 Å². The summed E-state index contributed by atoms with van der Waals surface area (Å²) in [5.74, 6) is 1.07. The van der Waals surface area contributed by atoms with E-state index in [1.165, 1.54) is 5.56 Å². The van der Waals surface area contributed by atoms with Gasteiger partial charge in [-0.15, -0.1) is 0 Å². The average molecular weight is 313 g/mol. The van der Waals surface area contributed by atoms with Gasteiger partial charge >= 0.3 is 0 Å². The Morgan fingerprint density at radius 3 is 2.80 bits per heavy atom. The summed E-state index contributed by atoms with van der Waals surface area (Å²) in [4.78, 5) is 16.5. The van der Waals surface area contributed by atoms with Gasteiger partial charge in [0.05, 0.1) is 6.04 Å². The Balaban J connectivity index is 1.74. The minimum atomic E-state index is -0.328. The van der Waals surface area contributed by atoms with Crippen molar-refractivity contribution < 1.29 is 4.79 Å². The molecule has 112 valence electrons. The van der Waals surface area contributed by atoms with Gasteiger partial charge in [-0.05, 0) is 40.8 Å². The highest BCUT2D eigenvalue weighted by Crippen LogP contribution is 2.12. The van der Waals surface area contributed by atoms with Gasteiger partial charge in [0.2, 0.25) is 5.91 Å². The Morgan fingerprint density at radius 2 is 2.20 bits per heavy atom. The fraction of sp³-hybridized carbons (Fsp3) is 0.643. The van der Waals surface area contributed by atoms with Gasteiger partial charge in [-0.25, -0.2) is 0 Å². The summed E-state index contributed by atoms with van der Waals surface area (Å²) in [6.07, 6.45) is 2.82. The maximum atomic E-state index is 12.2. The fourth-order valence-electron chi connectivity index (χ4n) is 2.37. The first-order valence-corrected chi connectivity index (χ1v) is 9.31. The maximum absolute atomic E-state index is 12.2. The zero-order valence-electron chi connectivity index (χ0n) is 12.0. The third-order valence-electron chi connectivity index (χ3n) is 3.62. The van der Waals surface area contributed by atoms with Gasteiger partial charge < -0.3 is 10.6 Å². The Hall–Kier alpha value is -0.560. The molecule has 0 bridgehead atoms. The number of thiophene rings is 1. The molecule has 1 fully saturated rings. The second-order valence-electron chi connectivity index (χ2n) is 5.12. The summed E-state index contributed by atoms with van der Waals surface area (Å²) in [6.45, 7) is 4.48. The van der Waals surface area contributed by atoms with Crippen molar-refractivity contribution in [1.82, 2.24) is 9.80 Å². The number of nitrogens with two attached hydrogens (primary N) is 1. The highest BCUT2D eigenvalue weighted by molar-refractivity contribution is 7.98. The normalized spacial score (nSPS) is 18.2. The van der Waals surface area contributed by atoms with E-state index in [0.29, 0.717) is 0 Å². The molecule has 1 amide bonds. The van der Waals surface area contributed by atoms with Crippen LogP contribution in [0.2, 0.25) is 0 Å². The van der Waals surface area contributed by atoms with E-state index in [9.17, 15) is 4.79 Å². The topological polar surface area (TPSA) is 49.6 Å². The predicted molar refractivity (Wildman–Crippen MR) is 87.2 cm³/mol. The molecular weight excluding hydrogens is 290 g/mol. The van der Waals surface area contributed by atoms with Gasteiger partial charge in [0.15, 0.2) is 0 Å². The fourth-order valence-corrected chi connectivity index (χ4v) is 3.52. The van der Waals surface area contributed by atoms with Crippen LogP contribution < -0.4 is 5.73 Å². The molecule has 2 N–H and O–H groups in total. The van der Waals surface area contributed by atoms with E-state index in [1.807, 2.05) is 11.2 Å². The Bertz CT molecular complexity index is 403. The van der Waals surface area contributed by atoms with Crippen LogP contribution in [-0.2, 0) is 11.3 Å². The highest BCUT2D eigenvalue weighted by atomic mass is 32.2. The first kappa shape index (κ1) is 15.8. The van der Waals surface area contributed by atoms with Gasteiger partial charge in [0.25, 0.3) is 0 Å². The number of carbonyl (C=O) groups excluding carboxylic acids is 1. The van der Waals surface area contributed by atoms with Gasteiger partial charge in [-0.2, -0.15) is 23.1 Å². The molecule has 0 radical (unpaired) electrons. The van der Waals surface area contributed by atoms with Crippen molar-refractivity contribution >= 4 is 29.0 Å². The molecule has 0 aromatic carbocycles. The molecular formula is C14H23N3OS2. The van der Waals surface area contributed by atoms with Crippen LogP contribution in [0.1, 0.15) is 12.0 Å². The van der Waals surface area contributed by atoms with Gasteiger partial charge in [-0.3, -0.25) is 9.69 Å². The molecule has 1 aliphatic rings. The van der Waals surface area contributed by atoms with E-state index in [0.717, 1.165) is 44.9 Å². The molecule has 1 aromatic rings. The number of amides is 1. The molecule has 0 saturated carbocycles. The number of piperazine rings is 1.